The first-order chi connectivity index (χ1) is 8.26. The van der Waals surface area contributed by atoms with Crippen LogP contribution in [0.1, 0.15) is 80.6 Å². The molecule has 0 fully saturated rings. The molecule has 0 aliphatic rings. The van der Waals surface area contributed by atoms with Gasteiger partial charge >= 0.3 is 5.97 Å². The van der Waals surface area contributed by atoms with Gasteiger partial charge in [0.25, 0.3) is 0 Å². The first kappa shape index (κ1) is 17.5. The molecular formula is C16H32O2. The van der Waals surface area contributed by atoms with E-state index in [-0.39, 0.29) is 22.9 Å². The molecule has 0 aromatic rings. The second kappa shape index (κ2) is 7.16. The Morgan fingerprint density at radius 1 is 1.00 bits per heavy atom. The van der Waals surface area contributed by atoms with E-state index in [2.05, 4.69) is 41.5 Å². The Kier molecular flexibility index (Phi) is 6.94. The molecule has 0 saturated carbocycles. The molecule has 0 aromatic carbocycles. The maximum atomic E-state index is 11.4. The van der Waals surface area contributed by atoms with E-state index >= 15 is 0 Å². The normalized spacial score (nSPS) is 14.4. The summed E-state index contributed by atoms with van der Waals surface area (Å²) in [7, 11) is 0. The van der Waals surface area contributed by atoms with Gasteiger partial charge < -0.3 is 4.74 Å². The molecule has 1 unspecified atom stereocenters. The standard InChI is InChI=1S/C16H32O2/c1-8-15(6,9-2)12-14(18-13(5)17)16(7,10-3)11-4/h14H,8-12H2,1-7H3. The molecule has 0 amide bonds. The quantitative estimate of drug-likeness (QED) is 0.574. The van der Waals surface area contributed by atoms with E-state index in [9.17, 15) is 4.79 Å². The number of carbonyl (C=O) groups is 1. The zero-order chi connectivity index (χ0) is 14.4. The molecule has 1 atom stereocenters. The van der Waals surface area contributed by atoms with Gasteiger partial charge in [-0.3, -0.25) is 4.79 Å². The molecule has 0 rings (SSSR count). The maximum Gasteiger partial charge on any atom is 0.302 e. The van der Waals surface area contributed by atoms with Gasteiger partial charge in [-0.25, -0.2) is 0 Å². The van der Waals surface area contributed by atoms with Crippen LogP contribution in [0.5, 0.6) is 0 Å². The van der Waals surface area contributed by atoms with Gasteiger partial charge in [0, 0.05) is 12.3 Å². The molecule has 2 nitrogen and oxygen atoms in total. The first-order valence-corrected chi connectivity index (χ1v) is 7.44. The van der Waals surface area contributed by atoms with Crippen molar-refractivity contribution in [1.29, 1.82) is 0 Å². The summed E-state index contributed by atoms with van der Waals surface area (Å²) >= 11 is 0. The van der Waals surface area contributed by atoms with E-state index in [0.29, 0.717) is 0 Å². The number of hydrogen-bond donors (Lipinski definition) is 0. The van der Waals surface area contributed by atoms with Crippen LogP contribution in [0.4, 0.5) is 0 Å². The molecule has 18 heavy (non-hydrogen) atoms. The van der Waals surface area contributed by atoms with Crippen molar-refractivity contribution in [2.75, 3.05) is 0 Å². The van der Waals surface area contributed by atoms with E-state index in [4.69, 9.17) is 4.74 Å². The fourth-order valence-electron chi connectivity index (χ4n) is 2.32. The van der Waals surface area contributed by atoms with Gasteiger partial charge in [-0.2, -0.15) is 0 Å². The third-order valence-electron chi connectivity index (χ3n) is 5.09. The van der Waals surface area contributed by atoms with Gasteiger partial charge in [0.15, 0.2) is 0 Å². The lowest BCUT2D eigenvalue weighted by atomic mass is 9.70. The summed E-state index contributed by atoms with van der Waals surface area (Å²) < 4.78 is 5.66. The zero-order valence-corrected chi connectivity index (χ0v) is 13.4. The number of rotatable bonds is 8. The average Bonchev–Trinajstić information content (AvgIpc) is 2.36. The Bertz CT molecular complexity index is 250. The minimum Gasteiger partial charge on any atom is -0.462 e. The summed E-state index contributed by atoms with van der Waals surface area (Å²) in [6.45, 7) is 14.9. The molecular weight excluding hydrogens is 224 g/mol. The van der Waals surface area contributed by atoms with Crippen LogP contribution in [-0.4, -0.2) is 12.1 Å². The molecule has 0 saturated heterocycles. The minimum atomic E-state index is -0.150. The predicted octanol–water partition coefficient (Wildman–Crippen LogP) is 4.96. The highest BCUT2D eigenvalue weighted by atomic mass is 16.5. The number of hydrogen-bond acceptors (Lipinski definition) is 2. The lowest BCUT2D eigenvalue weighted by Crippen LogP contribution is -2.39. The largest absolute Gasteiger partial charge is 0.462 e. The molecule has 0 N–H and O–H groups in total. The van der Waals surface area contributed by atoms with Gasteiger partial charge in [0.2, 0.25) is 0 Å². The molecule has 0 aliphatic heterocycles. The fourth-order valence-corrected chi connectivity index (χ4v) is 2.32. The van der Waals surface area contributed by atoms with E-state index in [1.165, 1.54) is 6.92 Å². The minimum absolute atomic E-state index is 0.0369. The van der Waals surface area contributed by atoms with Gasteiger partial charge in [0.1, 0.15) is 6.10 Å². The number of esters is 1. The summed E-state index contributed by atoms with van der Waals surface area (Å²) in [5.74, 6) is -0.150. The molecule has 0 aromatic heterocycles. The van der Waals surface area contributed by atoms with Crippen molar-refractivity contribution in [1.82, 2.24) is 0 Å². The van der Waals surface area contributed by atoms with Gasteiger partial charge in [-0.05, 0) is 24.7 Å². The van der Waals surface area contributed by atoms with Crippen LogP contribution >= 0.6 is 0 Å². The lowest BCUT2D eigenvalue weighted by molar-refractivity contribution is -0.156. The van der Waals surface area contributed by atoms with E-state index in [1.807, 2.05) is 0 Å². The van der Waals surface area contributed by atoms with Crippen molar-refractivity contribution in [2.24, 2.45) is 10.8 Å². The second-order valence-corrected chi connectivity index (χ2v) is 6.18. The Morgan fingerprint density at radius 2 is 1.44 bits per heavy atom. The Labute approximate surface area is 113 Å². The summed E-state index contributed by atoms with van der Waals surface area (Å²) in [6, 6.07) is 0. The molecule has 0 radical (unpaired) electrons. The maximum absolute atomic E-state index is 11.4. The van der Waals surface area contributed by atoms with Gasteiger partial charge in [-0.15, -0.1) is 0 Å². The second-order valence-electron chi connectivity index (χ2n) is 6.18. The highest BCUT2D eigenvalue weighted by molar-refractivity contribution is 5.66. The van der Waals surface area contributed by atoms with Gasteiger partial charge in [0.05, 0.1) is 0 Å². The van der Waals surface area contributed by atoms with Crippen LogP contribution in [-0.2, 0) is 9.53 Å². The van der Waals surface area contributed by atoms with Crippen molar-refractivity contribution in [3.63, 3.8) is 0 Å². The van der Waals surface area contributed by atoms with Crippen molar-refractivity contribution >= 4 is 5.97 Å². The SMILES string of the molecule is CCC(C)(CC)CC(OC(C)=O)C(C)(CC)CC. The van der Waals surface area contributed by atoms with Gasteiger partial charge in [-0.1, -0.05) is 54.4 Å². The van der Waals surface area contributed by atoms with E-state index in [1.54, 1.807) is 0 Å². The zero-order valence-electron chi connectivity index (χ0n) is 13.4. The van der Waals surface area contributed by atoms with Crippen LogP contribution in [0.3, 0.4) is 0 Å². The van der Waals surface area contributed by atoms with Crippen molar-refractivity contribution in [2.45, 2.75) is 86.7 Å². The summed E-state index contributed by atoms with van der Waals surface area (Å²) in [5, 5.41) is 0. The smallest absolute Gasteiger partial charge is 0.302 e. The number of ether oxygens (including phenoxy) is 1. The monoisotopic (exact) mass is 256 g/mol. The van der Waals surface area contributed by atoms with Crippen LogP contribution in [0.2, 0.25) is 0 Å². The molecule has 0 heterocycles. The molecule has 0 bridgehead atoms. The first-order valence-electron chi connectivity index (χ1n) is 7.44. The van der Waals surface area contributed by atoms with E-state index in [0.717, 1.165) is 32.1 Å². The van der Waals surface area contributed by atoms with Crippen LogP contribution in [0.25, 0.3) is 0 Å². The van der Waals surface area contributed by atoms with Crippen LogP contribution < -0.4 is 0 Å². The Morgan fingerprint density at radius 3 is 1.72 bits per heavy atom. The molecule has 2 heteroatoms. The Hall–Kier alpha value is -0.530. The van der Waals surface area contributed by atoms with Crippen molar-refractivity contribution in [3.8, 4) is 0 Å². The van der Waals surface area contributed by atoms with Crippen LogP contribution in [0, 0.1) is 10.8 Å². The summed E-state index contributed by atoms with van der Waals surface area (Å²) in [6.07, 6.45) is 5.36. The summed E-state index contributed by atoms with van der Waals surface area (Å²) in [4.78, 5) is 11.4. The number of carbonyl (C=O) groups excluding carboxylic acids is 1. The van der Waals surface area contributed by atoms with Crippen LogP contribution in [0.15, 0.2) is 0 Å². The highest BCUT2D eigenvalue weighted by Gasteiger charge is 2.37. The third kappa shape index (κ3) is 4.62. The molecule has 0 aliphatic carbocycles. The highest BCUT2D eigenvalue weighted by Crippen LogP contribution is 2.41. The fraction of sp³-hybridized carbons (Fsp3) is 0.938. The van der Waals surface area contributed by atoms with Crippen molar-refractivity contribution in [3.05, 3.63) is 0 Å². The summed E-state index contributed by atoms with van der Waals surface area (Å²) in [5.41, 5.74) is 0.364. The average molecular weight is 256 g/mol. The molecule has 108 valence electrons. The van der Waals surface area contributed by atoms with Crippen molar-refractivity contribution < 1.29 is 9.53 Å². The molecule has 0 spiro atoms. The lowest BCUT2D eigenvalue weighted by Gasteiger charge is -2.40. The topological polar surface area (TPSA) is 26.3 Å². The predicted molar refractivity (Wildman–Crippen MR) is 77.5 cm³/mol. The third-order valence-corrected chi connectivity index (χ3v) is 5.09. The van der Waals surface area contributed by atoms with E-state index < -0.39 is 0 Å². The Balaban J connectivity index is 5.05.